The van der Waals surface area contributed by atoms with Crippen LogP contribution in [0.25, 0.3) is 0 Å². The van der Waals surface area contributed by atoms with Crippen molar-refractivity contribution in [3.63, 3.8) is 0 Å². The van der Waals surface area contributed by atoms with Crippen LogP contribution < -0.4 is 4.90 Å². The molecular formula is C14H10Cl2N2O3. The fraction of sp³-hybridized carbons (Fsp3) is 0.0714. The second-order valence-corrected chi connectivity index (χ2v) is 4.95. The lowest BCUT2D eigenvalue weighted by atomic mass is 10.2. The lowest BCUT2D eigenvalue weighted by molar-refractivity contribution is -0.135. The van der Waals surface area contributed by atoms with E-state index in [1.807, 2.05) is 0 Å². The molecule has 0 saturated carbocycles. The van der Waals surface area contributed by atoms with Gasteiger partial charge in [0.15, 0.2) is 0 Å². The first-order chi connectivity index (χ1) is 9.97. The number of hydrogen-bond donors (Lipinski definition) is 1. The van der Waals surface area contributed by atoms with Gasteiger partial charge in [0, 0.05) is 22.5 Å². The second kappa shape index (κ2) is 6.56. The van der Waals surface area contributed by atoms with E-state index in [4.69, 9.17) is 28.3 Å². The van der Waals surface area contributed by atoms with Crippen LogP contribution in [-0.4, -0.2) is 28.5 Å². The van der Waals surface area contributed by atoms with Crippen molar-refractivity contribution in [3.05, 3.63) is 58.3 Å². The average molecular weight is 325 g/mol. The number of nitrogens with zero attached hydrogens (tertiary/aromatic N) is 2. The second-order valence-electron chi connectivity index (χ2n) is 4.13. The maximum atomic E-state index is 12.5. The number of aliphatic carboxylic acids is 1. The van der Waals surface area contributed by atoms with Crippen molar-refractivity contribution in [2.75, 3.05) is 11.4 Å². The molecule has 1 aromatic carbocycles. The molecule has 1 aromatic heterocycles. The molecule has 5 nitrogen and oxygen atoms in total. The van der Waals surface area contributed by atoms with Gasteiger partial charge in [-0.3, -0.25) is 14.5 Å². The molecule has 0 spiro atoms. The molecule has 0 aliphatic rings. The molecule has 0 bridgehead atoms. The van der Waals surface area contributed by atoms with Crippen molar-refractivity contribution in [3.8, 4) is 0 Å². The fourth-order valence-electron chi connectivity index (χ4n) is 1.73. The van der Waals surface area contributed by atoms with Gasteiger partial charge in [0.2, 0.25) is 0 Å². The molecule has 0 saturated heterocycles. The quantitative estimate of drug-likeness (QED) is 0.877. The van der Waals surface area contributed by atoms with E-state index in [0.717, 1.165) is 4.90 Å². The van der Waals surface area contributed by atoms with E-state index in [9.17, 15) is 9.59 Å². The Hall–Kier alpha value is -2.11. The van der Waals surface area contributed by atoms with Gasteiger partial charge in [0.25, 0.3) is 5.91 Å². The number of anilines is 1. The molecule has 7 heteroatoms. The molecule has 2 rings (SSSR count). The zero-order valence-corrected chi connectivity index (χ0v) is 12.2. The number of halogens is 2. The first kappa shape index (κ1) is 15.3. The first-order valence-corrected chi connectivity index (χ1v) is 6.64. The number of carboxylic acid groups (broad SMARTS) is 1. The molecule has 1 N–H and O–H groups in total. The summed E-state index contributed by atoms with van der Waals surface area (Å²) in [5.74, 6) is -1.61. The van der Waals surface area contributed by atoms with Crippen LogP contribution in [0.4, 0.5) is 5.69 Å². The molecule has 0 atom stereocenters. The monoisotopic (exact) mass is 324 g/mol. The summed E-state index contributed by atoms with van der Waals surface area (Å²) in [5, 5.41) is 9.65. The number of carboxylic acids is 1. The summed E-state index contributed by atoms with van der Waals surface area (Å²) in [6.45, 7) is -0.472. The molecule has 0 fully saturated rings. The summed E-state index contributed by atoms with van der Waals surface area (Å²) in [4.78, 5) is 28.4. The minimum atomic E-state index is -1.13. The molecule has 0 unspecified atom stereocenters. The summed E-state index contributed by atoms with van der Waals surface area (Å²) >= 11 is 11.5. The normalized spacial score (nSPS) is 10.2. The number of hydrogen-bond acceptors (Lipinski definition) is 3. The maximum Gasteiger partial charge on any atom is 0.323 e. The van der Waals surface area contributed by atoms with Crippen LogP contribution in [0.1, 0.15) is 10.4 Å². The van der Waals surface area contributed by atoms with Gasteiger partial charge in [-0.2, -0.15) is 0 Å². The van der Waals surface area contributed by atoms with Gasteiger partial charge in [-0.1, -0.05) is 23.2 Å². The molecule has 0 radical (unpaired) electrons. The van der Waals surface area contributed by atoms with Crippen molar-refractivity contribution in [1.29, 1.82) is 0 Å². The molecule has 1 amide bonds. The lowest BCUT2D eigenvalue weighted by Crippen LogP contribution is -2.35. The van der Waals surface area contributed by atoms with Gasteiger partial charge in [0.1, 0.15) is 11.7 Å². The zero-order valence-electron chi connectivity index (χ0n) is 10.7. The number of carbonyl (C=O) groups is 2. The smallest absolute Gasteiger partial charge is 0.323 e. The number of benzene rings is 1. The summed E-state index contributed by atoms with van der Waals surface area (Å²) in [6.07, 6.45) is 1.39. The van der Waals surface area contributed by atoms with E-state index < -0.39 is 18.4 Å². The van der Waals surface area contributed by atoms with Crippen molar-refractivity contribution in [2.45, 2.75) is 0 Å². The highest BCUT2D eigenvalue weighted by Crippen LogP contribution is 2.20. The third kappa shape index (κ3) is 3.93. The Bertz CT molecular complexity index is 674. The van der Waals surface area contributed by atoms with Crippen molar-refractivity contribution in [1.82, 2.24) is 4.98 Å². The van der Waals surface area contributed by atoms with Crippen molar-refractivity contribution in [2.24, 2.45) is 0 Å². The van der Waals surface area contributed by atoms with Gasteiger partial charge >= 0.3 is 5.97 Å². The highest BCUT2D eigenvalue weighted by molar-refractivity contribution is 6.30. The summed E-state index contributed by atoms with van der Waals surface area (Å²) in [5.41, 5.74) is 0.686. The van der Waals surface area contributed by atoms with E-state index in [2.05, 4.69) is 4.98 Å². The zero-order chi connectivity index (χ0) is 15.4. The Labute approximate surface area is 130 Å². The third-order valence-corrected chi connectivity index (χ3v) is 3.11. The molecule has 0 aliphatic heterocycles. The Morgan fingerprint density at radius 2 is 1.81 bits per heavy atom. The largest absolute Gasteiger partial charge is 0.480 e. The van der Waals surface area contributed by atoms with Crippen LogP contribution in [0.15, 0.2) is 42.6 Å². The standard InChI is InChI=1S/C14H10Cl2N2O3/c15-10-1-3-11(4-2-10)18(8-13(19)20)14(21)9-5-6-17-12(16)7-9/h1-7H,8H2,(H,19,20). The van der Waals surface area contributed by atoms with E-state index in [1.54, 1.807) is 24.3 Å². The molecule has 108 valence electrons. The minimum Gasteiger partial charge on any atom is -0.480 e. The number of carbonyl (C=O) groups excluding carboxylic acids is 1. The van der Waals surface area contributed by atoms with E-state index in [1.165, 1.54) is 18.3 Å². The van der Waals surface area contributed by atoms with Gasteiger partial charge in [0.05, 0.1) is 0 Å². The van der Waals surface area contributed by atoms with E-state index >= 15 is 0 Å². The van der Waals surface area contributed by atoms with Crippen LogP contribution in [-0.2, 0) is 4.79 Å². The molecule has 1 heterocycles. The van der Waals surface area contributed by atoms with Gasteiger partial charge in [-0.25, -0.2) is 4.98 Å². The van der Waals surface area contributed by atoms with Gasteiger partial charge < -0.3 is 5.11 Å². The van der Waals surface area contributed by atoms with Crippen molar-refractivity contribution >= 4 is 40.8 Å². The average Bonchev–Trinajstić information content (AvgIpc) is 2.45. The molecular weight excluding hydrogens is 315 g/mol. The first-order valence-electron chi connectivity index (χ1n) is 5.88. The van der Waals surface area contributed by atoms with Crippen LogP contribution in [0.2, 0.25) is 10.2 Å². The van der Waals surface area contributed by atoms with Crippen LogP contribution in [0.3, 0.4) is 0 Å². The molecule has 0 aliphatic carbocycles. The summed E-state index contributed by atoms with van der Waals surface area (Å²) in [7, 11) is 0. The number of amides is 1. The number of pyridine rings is 1. The molecule has 2 aromatic rings. The van der Waals surface area contributed by atoms with E-state index in [0.29, 0.717) is 10.7 Å². The predicted molar refractivity (Wildman–Crippen MR) is 80.0 cm³/mol. The SMILES string of the molecule is O=C(O)CN(C(=O)c1ccnc(Cl)c1)c1ccc(Cl)cc1. The van der Waals surface area contributed by atoms with Crippen LogP contribution in [0, 0.1) is 0 Å². The Balaban J connectivity index is 2.38. The molecule has 21 heavy (non-hydrogen) atoms. The lowest BCUT2D eigenvalue weighted by Gasteiger charge is -2.21. The van der Waals surface area contributed by atoms with Crippen molar-refractivity contribution < 1.29 is 14.7 Å². The summed E-state index contributed by atoms with van der Waals surface area (Å²) < 4.78 is 0. The van der Waals surface area contributed by atoms with Crippen LogP contribution >= 0.6 is 23.2 Å². The fourth-order valence-corrected chi connectivity index (χ4v) is 2.03. The number of aromatic nitrogens is 1. The third-order valence-electron chi connectivity index (χ3n) is 2.65. The maximum absolute atomic E-state index is 12.5. The Morgan fingerprint density at radius 3 is 2.38 bits per heavy atom. The Kier molecular flexibility index (Phi) is 4.77. The summed E-state index contributed by atoms with van der Waals surface area (Å²) in [6, 6.07) is 9.17. The Morgan fingerprint density at radius 1 is 1.14 bits per heavy atom. The highest BCUT2D eigenvalue weighted by atomic mass is 35.5. The predicted octanol–water partition coefficient (Wildman–Crippen LogP) is 3.12. The number of rotatable bonds is 4. The van der Waals surface area contributed by atoms with Gasteiger partial charge in [-0.15, -0.1) is 0 Å². The van der Waals surface area contributed by atoms with Crippen LogP contribution in [0.5, 0.6) is 0 Å². The van der Waals surface area contributed by atoms with Gasteiger partial charge in [-0.05, 0) is 36.4 Å². The highest BCUT2D eigenvalue weighted by Gasteiger charge is 2.20. The topological polar surface area (TPSA) is 70.5 Å². The van der Waals surface area contributed by atoms with E-state index in [-0.39, 0.29) is 10.7 Å². The minimum absolute atomic E-state index is 0.159.